The van der Waals surface area contributed by atoms with Crippen molar-refractivity contribution in [1.82, 2.24) is 19.5 Å². The average Bonchev–Trinajstić information content (AvgIpc) is 3.50. The summed E-state index contributed by atoms with van der Waals surface area (Å²) in [7, 11) is -8.16. The van der Waals surface area contributed by atoms with Crippen LogP contribution in [0.3, 0.4) is 0 Å². The van der Waals surface area contributed by atoms with Crippen molar-refractivity contribution in [2.45, 2.75) is 41.4 Å². The minimum atomic E-state index is -4.31. The molecule has 1 amide bonds. The number of nitrogens with one attached hydrogen (secondary N) is 1. The molecular formula is C22H22ClN5O6S4. The van der Waals surface area contributed by atoms with Crippen molar-refractivity contribution in [2.75, 3.05) is 19.6 Å². The van der Waals surface area contributed by atoms with Gasteiger partial charge in [0, 0.05) is 59.7 Å². The Bertz CT molecular complexity index is 1660. The monoisotopic (exact) mass is 615 g/mol. The van der Waals surface area contributed by atoms with E-state index in [0.717, 1.165) is 32.8 Å². The minimum absolute atomic E-state index is 0.0300. The first-order valence-corrected chi connectivity index (χ1v) is 16.5. The van der Waals surface area contributed by atoms with Gasteiger partial charge in [-0.1, -0.05) is 17.7 Å². The highest BCUT2D eigenvalue weighted by Gasteiger charge is 2.39. The van der Waals surface area contributed by atoms with Crippen LogP contribution in [0.25, 0.3) is 10.1 Å². The fourth-order valence-electron chi connectivity index (χ4n) is 4.59. The van der Waals surface area contributed by atoms with E-state index >= 15 is 0 Å². The number of nitriles is 1. The van der Waals surface area contributed by atoms with Crippen LogP contribution in [0.4, 0.5) is 0 Å². The summed E-state index contributed by atoms with van der Waals surface area (Å²) < 4.78 is 61.7. The van der Waals surface area contributed by atoms with E-state index in [1.54, 1.807) is 29.2 Å². The summed E-state index contributed by atoms with van der Waals surface area (Å²) >= 11 is 8.32. The van der Waals surface area contributed by atoms with E-state index in [2.05, 4.69) is 16.4 Å². The van der Waals surface area contributed by atoms with Gasteiger partial charge in [0.25, 0.3) is 26.0 Å². The molecule has 1 aromatic carbocycles. The molecule has 2 aliphatic rings. The maximum Gasteiger partial charge on any atom is 0.283 e. The number of sulfonamides is 1. The molecule has 38 heavy (non-hydrogen) atoms. The van der Waals surface area contributed by atoms with Gasteiger partial charge in [0.1, 0.15) is 9.58 Å². The van der Waals surface area contributed by atoms with Gasteiger partial charge in [-0.05, 0) is 30.0 Å². The quantitative estimate of drug-likeness (QED) is 0.397. The molecule has 0 saturated carbocycles. The molecule has 11 nitrogen and oxygen atoms in total. The molecule has 1 saturated heterocycles. The van der Waals surface area contributed by atoms with Crippen LogP contribution < -0.4 is 5.32 Å². The largest absolute Gasteiger partial charge is 0.331 e. The number of thiophene rings is 1. The van der Waals surface area contributed by atoms with Crippen LogP contribution in [0, 0.1) is 11.3 Å². The number of nitrogens with zero attached hydrogens (tertiary/aromatic N) is 4. The molecular weight excluding hydrogens is 594 g/mol. The molecule has 2 N–H and O–H groups in total. The summed E-state index contributed by atoms with van der Waals surface area (Å²) in [5.74, 6) is -0.399. The van der Waals surface area contributed by atoms with Crippen LogP contribution in [0.1, 0.15) is 33.2 Å². The Hall–Kier alpha value is -2.16. The predicted molar refractivity (Wildman–Crippen MR) is 143 cm³/mol. The zero-order chi connectivity index (χ0) is 27.2. The van der Waals surface area contributed by atoms with Gasteiger partial charge in [0.05, 0.1) is 11.8 Å². The number of halogens is 1. The zero-order valence-corrected chi connectivity index (χ0v) is 23.7. The van der Waals surface area contributed by atoms with Crippen molar-refractivity contribution in [2.24, 2.45) is 0 Å². The number of piperazine rings is 1. The molecule has 0 radical (unpaired) electrons. The van der Waals surface area contributed by atoms with E-state index in [0.29, 0.717) is 15.6 Å². The molecule has 2 atom stereocenters. The number of carbonyl (C=O) groups is 1. The topological polar surface area (TPSA) is 161 Å². The lowest BCUT2D eigenvalue weighted by Crippen LogP contribution is -2.56. The van der Waals surface area contributed by atoms with Gasteiger partial charge in [0.15, 0.2) is 5.01 Å². The number of rotatable bonds is 6. The smallest absolute Gasteiger partial charge is 0.283 e. The van der Waals surface area contributed by atoms with Crippen LogP contribution in [0.2, 0.25) is 5.02 Å². The van der Waals surface area contributed by atoms with E-state index in [1.165, 1.54) is 4.31 Å². The molecule has 202 valence electrons. The number of benzene rings is 1. The Morgan fingerprint density at radius 2 is 2.03 bits per heavy atom. The highest BCUT2D eigenvalue weighted by molar-refractivity contribution is 7.91. The highest BCUT2D eigenvalue weighted by atomic mass is 35.5. The molecule has 2 aromatic heterocycles. The zero-order valence-electron chi connectivity index (χ0n) is 19.7. The molecule has 2 unspecified atom stereocenters. The van der Waals surface area contributed by atoms with Crippen molar-refractivity contribution in [3.8, 4) is 6.07 Å². The van der Waals surface area contributed by atoms with E-state index < -0.39 is 37.5 Å². The molecule has 2 aliphatic heterocycles. The number of amides is 1. The fraction of sp³-hybridized carbons (Fsp3) is 0.409. The van der Waals surface area contributed by atoms with Gasteiger partial charge in [-0.15, -0.1) is 22.7 Å². The van der Waals surface area contributed by atoms with E-state index in [4.69, 9.17) is 16.9 Å². The van der Waals surface area contributed by atoms with Gasteiger partial charge in [-0.3, -0.25) is 14.7 Å². The number of aromatic nitrogens is 1. The minimum Gasteiger partial charge on any atom is -0.331 e. The number of fused-ring (bicyclic) bond motifs is 2. The maximum absolute atomic E-state index is 13.5. The van der Waals surface area contributed by atoms with Crippen LogP contribution in [-0.2, 0) is 33.1 Å². The van der Waals surface area contributed by atoms with Gasteiger partial charge in [-0.25, -0.2) is 13.4 Å². The SMILES string of the molecule is N#CCCC1CN(S(=O)(=O)c2cc3ccc(Cl)cc3s2)CCN1C(=O)c1nc2c(s1)CNC(S(=O)(=O)O)C2. The second-order valence-electron chi connectivity index (χ2n) is 8.94. The Labute approximate surface area is 232 Å². The van der Waals surface area contributed by atoms with E-state index in [9.17, 15) is 26.2 Å². The van der Waals surface area contributed by atoms with E-state index in [1.807, 2.05) is 0 Å². The third-order valence-electron chi connectivity index (χ3n) is 6.54. The Kier molecular flexibility index (Phi) is 7.52. The lowest BCUT2D eigenvalue weighted by atomic mass is 10.1. The standard InChI is InChI=1S/C22H22ClN5O6S4/c23-14-4-3-13-8-20(35-17(13)9-14)37(30,31)27-6-7-28(15(12-27)2-1-5-24)22(29)21-26-16-10-19(38(32,33)34)25-11-18(16)36-21/h3-4,8-9,15,19,25H,1-2,6-7,10-12H2,(H,32,33,34). The highest BCUT2D eigenvalue weighted by Crippen LogP contribution is 2.34. The van der Waals surface area contributed by atoms with Gasteiger partial charge in [-0.2, -0.15) is 18.0 Å². The molecule has 5 rings (SSSR count). The lowest BCUT2D eigenvalue weighted by Gasteiger charge is -2.40. The van der Waals surface area contributed by atoms with Gasteiger partial charge in [0.2, 0.25) is 0 Å². The molecule has 4 heterocycles. The van der Waals surface area contributed by atoms with E-state index in [-0.39, 0.29) is 54.7 Å². The van der Waals surface area contributed by atoms with Crippen molar-refractivity contribution < 1.29 is 26.2 Å². The Morgan fingerprint density at radius 3 is 2.76 bits per heavy atom. The first-order chi connectivity index (χ1) is 18.0. The predicted octanol–water partition coefficient (Wildman–Crippen LogP) is 2.69. The normalized spacial score (nSPS) is 20.8. The number of hydrogen-bond acceptors (Lipinski definition) is 10. The number of hydrogen-bond donors (Lipinski definition) is 2. The second-order valence-corrected chi connectivity index (χ2v) is 15.3. The molecule has 0 aliphatic carbocycles. The third kappa shape index (κ3) is 5.32. The fourth-order valence-corrected chi connectivity index (χ4v) is 9.54. The van der Waals surface area contributed by atoms with Crippen LogP contribution in [-0.4, -0.2) is 72.5 Å². The lowest BCUT2D eigenvalue weighted by molar-refractivity contribution is 0.0553. The summed E-state index contributed by atoms with van der Waals surface area (Å²) in [5.41, 5.74) is 0.430. The number of thiazole rings is 1. The first kappa shape index (κ1) is 27.4. The van der Waals surface area contributed by atoms with Crippen molar-refractivity contribution in [3.05, 3.63) is 44.9 Å². The van der Waals surface area contributed by atoms with Crippen LogP contribution in [0.5, 0.6) is 0 Å². The van der Waals surface area contributed by atoms with Crippen molar-refractivity contribution >= 4 is 70.4 Å². The number of carbonyl (C=O) groups excluding carboxylic acids is 1. The van der Waals surface area contributed by atoms with Crippen LogP contribution >= 0.6 is 34.3 Å². The maximum atomic E-state index is 13.5. The van der Waals surface area contributed by atoms with Crippen molar-refractivity contribution in [1.29, 1.82) is 5.26 Å². The molecule has 1 fully saturated rings. The van der Waals surface area contributed by atoms with Gasteiger partial charge >= 0.3 is 0 Å². The average molecular weight is 616 g/mol. The second kappa shape index (κ2) is 10.4. The summed E-state index contributed by atoms with van der Waals surface area (Å²) in [6.07, 6.45) is 0.355. The molecule has 0 spiro atoms. The molecule has 16 heteroatoms. The van der Waals surface area contributed by atoms with Crippen molar-refractivity contribution in [3.63, 3.8) is 0 Å². The molecule has 0 bridgehead atoms. The summed E-state index contributed by atoms with van der Waals surface area (Å²) in [6, 6.07) is 8.31. The third-order valence-corrected chi connectivity index (χ3v) is 12.3. The Balaban J connectivity index is 1.37. The first-order valence-electron chi connectivity index (χ1n) is 11.5. The summed E-state index contributed by atoms with van der Waals surface area (Å²) in [5, 5.41) is 12.1. The molecule has 3 aromatic rings. The summed E-state index contributed by atoms with van der Waals surface area (Å²) in [6.45, 7) is 0.363. The van der Waals surface area contributed by atoms with Crippen LogP contribution in [0.15, 0.2) is 28.5 Å². The summed E-state index contributed by atoms with van der Waals surface area (Å²) in [4.78, 5) is 20.1. The van der Waals surface area contributed by atoms with Gasteiger partial charge < -0.3 is 4.90 Å². The Morgan fingerprint density at radius 1 is 1.24 bits per heavy atom.